The molecule has 1 atom stereocenters. The van der Waals surface area contributed by atoms with Crippen LogP contribution in [0, 0.1) is 6.92 Å². The van der Waals surface area contributed by atoms with E-state index in [1.54, 1.807) is 10.9 Å². The minimum Gasteiger partial charge on any atom is -0.384 e. The van der Waals surface area contributed by atoms with Gasteiger partial charge in [-0.3, -0.25) is 0 Å². The average Bonchev–Trinajstić information content (AvgIpc) is 2.97. The van der Waals surface area contributed by atoms with Gasteiger partial charge in [-0.25, -0.2) is 4.68 Å². The predicted molar refractivity (Wildman–Crippen MR) is 86.5 cm³/mol. The zero-order valence-corrected chi connectivity index (χ0v) is 13.2. The molecule has 4 heteroatoms. The fraction of sp³-hybridized carbons (Fsp3) is 0.118. The number of aliphatic hydroxyl groups is 1. The van der Waals surface area contributed by atoms with Crippen LogP contribution in [0.5, 0.6) is 0 Å². The molecule has 0 radical (unpaired) electrons. The van der Waals surface area contributed by atoms with Gasteiger partial charge in [-0.2, -0.15) is 5.10 Å². The topological polar surface area (TPSA) is 38.1 Å². The third kappa shape index (κ3) is 2.91. The number of halogens is 1. The van der Waals surface area contributed by atoms with Crippen molar-refractivity contribution >= 4 is 15.9 Å². The molecule has 3 rings (SSSR count). The van der Waals surface area contributed by atoms with E-state index in [9.17, 15) is 5.11 Å². The van der Waals surface area contributed by atoms with E-state index in [0.29, 0.717) is 0 Å². The number of aliphatic hydroxyl groups excluding tert-OH is 1. The number of nitrogens with zero attached hydrogens (tertiary/aromatic N) is 2. The van der Waals surface area contributed by atoms with Crippen molar-refractivity contribution in [1.82, 2.24) is 9.78 Å². The molecule has 21 heavy (non-hydrogen) atoms. The minimum atomic E-state index is -0.671. The van der Waals surface area contributed by atoms with Crippen molar-refractivity contribution in [1.29, 1.82) is 0 Å². The lowest BCUT2D eigenvalue weighted by Crippen LogP contribution is -2.01. The van der Waals surface area contributed by atoms with Gasteiger partial charge in [0.1, 0.15) is 6.10 Å². The van der Waals surface area contributed by atoms with Crippen molar-refractivity contribution in [3.63, 3.8) is 0 Å². The number of para-hydroxylation sites is 1. The van der Waals surface area contributed by atoms with Crippen molar-refractivity contribution in [2.75, 3.05) is 0 Å². The molecule has 0 amide bonds. The van der Waals surface area contributed by atoms with Gasteiger partial charge >= 0.3 is 0 Å². The van der Waals surface area contributed by atoms with Gasteiger partial charge in [0.15, 0.2) is 0 Å². The maximum absolute atomic E-state index is 10.6. The second-order valence-corrected chi connectivity index (χ2v) is 5.87. The van der Waals surface area contributed by atoms with Crippen LogP contribution >= 0.6 is 15.9 Å². The van der Waals surface area contributed by atoms with Crippen molar-refractivity contribution in [2.24, 2.45) is 0 Å². The molecule has 106 valence electrons. The molecule has 0 saturated heterocycles. The van der Waals surface area contributed by atoms with Gasteiger partial charge in [-0.1, -0.05) is 40.2 Å². The Morgan fingerprint density at radius 1 is 1.14 bits per heavy atom. The summed E-state index contributed by atoms with van der Waals surface area (Å²) in [5.41, 5.74) is 3.70. The number of aromatic nitrogens is 2. The Hall–Kier alpha value is -1.91. The van der Waals surface area contributed by atoms with Gasteiger partial charge < -0.3 is 5.11 Å². The maximum Gasteiger partial charge on any atom is 0.107 e. The monoisotopic (exact) mass is 342 g/mol. The molecule has 2 aromatic carbocycles. The molecule has 1 aromatic heterocycles. The summed E-state index contributed by atoms with van der Waals surface area (Å²) >= 11 is 3.44. The minimum absolute atomic E-state index is 0.671. The van der Waals surface area contributed by atoms with Gasteiger partial charge in [-0.15, -0.1) is 0 Å². The molecule has 1 heterocycles. The van der Waals surface area contributed by atoms with Crippen molar-refractivity contribution in [3.05, 3.63) is 82.1 Å². The molecule has 0 saturated carbocycles. The highest BCUT2D eigenvalue weighted by molar-refractivity contribution is 9.10. The van der Waals surface area contributed by atoms with Crippen LogP contribution in [0.4, 0.5) is 0 Å². The molecule has 1 unspecified atom stereocenters. The van der Waals surface area contributed by atoms with E-state index in [4.69, 9.17) is 0 Å². The lowest BCUT2D eigenvalue weighted by Gasteiger charge is -2.12. The molecular formula is C17H15BrN2O. The van der Waals surface area contributed by atoms with Gasteiger partial charge in [-0.05, 0) is 42.3 Å². The third-order valence-corrected chi connectivity index (χ3v) is 3.96. The van der Waals surface area contributed by atoms with E-state index >= 15 is 0 Å². The smallest absolute Gasteiger partial charge is 0.107 e. The van der Waals surface area contributed by atoms with E-state index in [1.807, 2.05) is 61.7 Å². The first-order valence-electron chi connectivity index (χ1n) is 6.69. The van der Waals surface area contributed by atoms with E-state index in [-0.39, 0.29) is 0 Å². The Morgan fingerprint density at radius 2 is 1.90 bits per heavy atom. The SMILES string of the molecule is Cc1cc(Br)ccc1C(O)c1cnn(-c2ccccc2)c1. The van der Waals surface area contributed by atoms with Crippen LogP contribution in [0.3, 0.4) is 0 Å². The molecule has 0 fully saturated rings. The van der Waals surface area contributed by atoms with E-state index in [2.05, 4.69) is 21.0 Å². The lowest BCUT2D eigenvalue weighted by molar-refractivity contribution is 0.219. The Morgan fingerprint density at radius 3 is 2.62 bits per heavy atom. The van der Waals surface area contributed by atoms with Crippen LogP contribution < -0.4 is 0 Å². The lowest BCUT2D eigenvalue weighted by atomic mass is 10.00. The average molecular weight is 343 g/mol. The third-order valence-electron chi connectivity index (χ3n) is 3.47. The largest absolute Gasteiger partial charge is 0.384 e. The Labute approximate surface area is 132 Å². The Balaban J connectivity index is 1.92. The molecule has 0 aliphatic heterocycles. The number of hydrogen-bond donors (Lipinski definition) is 1. The first kappa shape index (κ1) is 14.0. The van der Waals surface area contributed by atoms with Gasteiger partial charge in [0.25, 0.3) is 0 Å². The first-order chi connectivity index (χ1) is 10.1. The summed E-state index contributed by atoms with van der Waals surface area (Å²) in [5, 5.41) is 14.9. The Bertz CT molecular complexity index is 752. The summed E-state index contributed by atoms with van der Waals surface area (Å²) in [6, 6.07) is 15.7. The molecule has 0 aliphatic carbocycles. The van der Waals surface area contributed by atoms with Gasteiger partial charge in [0.05, 0.1) is 11.9 Å². The molecule has 1 N–H and O–H groups in total. The molecule has 3 aromatic rings. The van der Waals surface area contributed by atoms with Crippen molar-refractivity contribution in [3.8, 4) is 5.69 Å². The number of hydrogen-bond acceptors (Lipinski definition) is 2. The van der Waals surface area contributed by atoms with Crippen LogP contribution in [0.1, 0.15) is 22.8 Å². The second kappa shape index (κ2) is 5.84. The van der Waals surface area contributed by atoms with Gasteiger partial charge in [0, 0.05) is 16.2 Å². The normalized spacial score (nSPS) is 12.3. The van der Waals surface area contributed by atoms with Crippen LogP contribution in [-0.2, 0) is 0 Å². The standard InChI is InChI=1S/C17H15BrN2O/c1-12-9-14(18)7-8-16(12)17(21)13-10-19-20(11-13)15-5-3-2-4-6-15/h2-11,17,21H,1H3. The molecule has 3 nitrogen and oxygen atoms in total. The van der Waals surface area contributed by atoms with Gasteiger partial charge in [0.2, 0.25) is 0 Å². The highest BCUT2D eigenvalue weighted by Crippen LogP contribution is 2.27. The van der Waals surface area contributed by atoms with Crippen LogP contribution in [0.2, 0.25) is 0 Å². The Kier molecular flexibility index (Phi) is 3.90. The molecule has 0 bridgehead atoms. The van der Waals surface area contributed by atoms with E-state index < -0.39 is 6.10 Å². The summed E-state index contributed by atoms with van der Waals surface area (Å²) in [7, 11) is 0. The summed E-state index contributed by atoms with van der Waals surface area (Å²) < 4.78 is 2.78. The highest BCUT2D eigenvalue weighted by atomic mass is 79.9. The predicted octanol–water partition coefficient (Wildman–Crippen LogP) is 4.02. The summed E-state index contributed by atoms with van der Waals surface area (Å²) in [5.74, 6) is 0. The van der Waals surface area contributed by atoms with E-state index in [0.717, 1.165) is 26.9 Å². The first-order valence-corrected chi connectivity index (χ1v) is 7.48. The summed E-state index contributed by atoms with van der Waals surface area (Å²) in [4.78, 5) is 0. The zero-order valence-electron chi connectivity index (χ0n) is 11.6. The van der Waals surface area contributed by atoms with E-state index in [1.165, 1.54) is 0 Å². The maximum atomic E-state index is 10.6. The number of aryl methyl sites for hydroxylation is 1. The number of rotatable bonds is 3. The molecule has 0 aliphatic rings. The van der Waals surface area contributed by atoms with Crippen LogP contribution in [-0.4, -0.2) is 14.9 Å². The molecule has 0 spiro atoms. The highest BCUT2D eigenvalue weighted by Gasteiger charge is 2.15. The summed E-state index contributed by atoms with van der Waals surface area (Å²) in [6.07, 6.45) is 2.90. The fourth-order valence-electron chi connectivity index (χ4n) is 2.33. The molecular weight excluding hydrogens is 328 g/mol. The van der Waals surface area contributed by atoms with Crippen LogP contribution in [0.15, 0.2) is 65.4 Å². The fourth-order valence-corrected chi connectivity index (χ4v) is 2.80. The van der Waals surface area contributed by atoms with Crippen molar-refractivity contribution in [2.45, 2.75) is 13.0 Å². The number of benzene rings is 2. The second-order valence-electron chi connectivity index (χ2n) is 4.96. The van der Waals surface area contributed by atoms with Crippen molar-refractivity contribution < 1.29 is 5.11 Å². The van der Waals surface area contributed by atoms with Crippen LogP contribution in [0.25, 0.3) is 5.69 Å². The zero-order chi connectivity index (χ0) is 14.8. The quantitative estimate of drug-likeness (QED) is 0.780. The summed E-state index contributed by atoms with van der Waals surface area (Å²) in [6.45, 7) is 1.99.